The van der Waals surface area contributed by atoms with E-state index in [1.165, 1.54) is 16.8 Å². The van der Waals surface area contributed by atoms with Crippen LogP contribution >= 0.6 is 0 Å². The van der Waals surface area contributed by atoms with Gasteiger partial charge >= 0.3 is 0 Å². The first-order valence-corrected chi connectivity index (χ1v) is 8.27. The van der Waals surface area contributed by atoms with E-state index in [2.05, 4.69) is 15.4 Å². The first kappa shape index (κ1) is 18.5. The van der Waals surface area contributed by atoms with Crippen molar-refractivity contribution >= 4 is 5.91 Å². The van der Waals surface area contributed by atoms with Crippen molar-refractivity contribution in [3.8, 4) is 22.8 Å². The number of rotatable bonds is 7. The van der Waals surface area contributed by atoms with E-state index in [0.29, 0.717) is 36.0 Å². The predicted octanol–water partition coefficient (Wildman–Crippen LogP) is 2.46. The summed E-state index contributed by atoms with van der Waals surface area (Å²) in [6.07, 6.45) is 0. The van der Waals surface area contributed by atoms with Crippen LogP contribution in [-0.2, 0) is 4.74 Å². The molecule has 8 heteroatoms. The number of hydrogen-bond acceptors (Lipinski definition) is 5. The van der Waals surface area contributed by atoms with Crippen molar-refractivity contribution in [1.29, 1.82) is 0 Å². The second kappa shape index (κ2) is 8.41. The maximum atomic E-state index is 13.3. The summed E-state index contributed by atoms with van der Waals surface area (Å²) in [6.45, 7) is 0.730. The molecule has 1 amide bonds. The number of nitrogens with one attached hydrogen (secondary N) is 1. The molecule has 2 aromatic carbocycles. The van der Waals surface area contributed by atoms with E-state index in [1.54, 1.807) is 50.6 Å². The molecule has 1 N–H and O–H groups in total. The molecule has 7 nitrogen and oxygen atoms in total. The van der Waals surface area contributed by atoms with Gasteiger partial charge in [0.15, 0.2) is 5.82 Å². The number of aromatic nitrogens is 3. The van der Waals surface area contributed by atoms with Crippen LogP contribution in [0.1, 0.15) is 10.6 Å². The lowest BCUT2D eigenvalue weighted by molar-refractivity contribution is 0.0927. The van der Waals surface area contributed by atoms with Crippen molar-refractivity contribution in [2.45, 2.75) is 0 Å². The second-order valence-electron chi connectivity index (χ2n) is 5.62. The molecule has 0 spiro atoms. The average molecular weight is 370 g/mol. The monoisotopic (exact) mass is 370 g/mol. The van der Waals surface area contributed by atoms with E-state index in [0.717, 1.165) is 0 Å². The molecule has 0 bridgehead atoms. The van der Waals surface area contributed by atoms with Crippen molar-refractivity contribution in [3.05, 3.63) is 60.2 Å². The van der Waals surface area contributed by atoms with Crippen LogP contribution in [0.5, 0.6) is 5.75 Å². The molecule has 0 aliphatic rings. The fraction of sp³-hybridized carbons (Fsp3) is 0.211. The molecule has 0 saturated heterocycles. The molecule has 0 fully saturated rings. The number of halogens is 1. The Bertz CT molecular complexity index is 908. The summed E-state index contributed by atoms with van der Waals surface area (Å²) in [7, 11) is 3.13. The number of carbonyl (C=O) groups is 1. The SMILES string of the molecule is COCCNC(=O)c1nc(-c2ccc(F)cc2)n(-c2ccc(OC)cc2)n1. The fourth-order valence-electron chi connectivity index (χ4n) is 2.44. The third-order valence-electron chi connectivity index (χ3n) is 3.82. The van der Waals surface area contributed by atoms with Crippen molar-refractivity contribution < 1.29 is 18.7 Å². The standard InChI is InChI=1S/C19H19FN4O3/c1-26-12-11-21-19(25)17-22-18(13-3-5-14(20)6-4-13)24(23-17)15-7-9-16(27-2)10-8-15/h3-10H,11-12H2,1-2H3,(H,21,25). The van der Waals surface area contributed by atoms with Gasteiger partial charge in [-0.2, -0.15) is 0 Å². The molecule has 140 valence electrons. The van der Waals surface area contributed by atoms with E-state index in [9.17, 15) is 9.18 Å². The van der Waals surface area contributed by atoms with Gasteiger partial charge in [0.2, 0.25) is 5.82 Å². The Hall–Kier alpha value is -3.26. The van der Waals surface area contributed by atoms with Gasteiger partial charge in [0, 0.05) is 19.2 Å². The summed E-state index contributed by atoms with van der Waals surface area (Å²) < 4.78 is 24.9. The van der Waals surface area contributed by atoms with Gasteiger partial charge in [-0.05, 0) is 48.5 Å². The minimum atomic E-state index is -0.414. The highest BCUT2D eigenvalue weighted by Gasteiger charge is 2.18. The predicted molar refractivity (Wildman–Crippen MR) is 97.5 cm³/mol. The molecule has 0 saturated carbocycles. The van der Waals surface area contributed by atoms with Gasteiger partial charge in [-0.1, -0.05) is 0 Å². The lowest BCUT2D eigenvalue weighted by Crippen LogP contribution is -2.28. The van der Waals surface area contributed by atoms with Crippen molar-refractivity contribution in [2.75, 3.05) is 27.4 Å². The van der Waals surface area contributed by atoms with Crippen molar-refractivity contribution in [1.82, 2.24) is 20.1 Å². The highest BCUT2D eigenvalue weighted by Crippen LogP contribution is 2.23. The zero-order chi connectivity index (χ0) is 19.2. The molecule has 27 heavy (non-hydrogen) atoms. The number of nitrogens with zero attached hydrogens (tertiary/aromatic N) is 3. The quantitative estimate of drug-likeness (QED) is 0.647. The fourth-order valence-corrected chi connectivity index (χ4v) is 2.44. The van der Waals surface area contributed by atoms with E-state index < -0.39 is 5.91 Å². The molecule has 0 unspecified atom stereocenters. The number of amides is 1. The first-order chi connectivity index (χ1) is 13.1. The van der Waals surface area contributed by atoms with Gasteiger partial charge in [0.25, 0.3) is 5.91 Å². The minimum absolute atomic E-state index is 0.0150. The molecule has 0 atom stereocenters. The van der Waals surface area contributed by atoms with Crippen molar-refractivity contribution in [2.24, 2.45) is 0 Å². The van der Waals surface area contributed by atoms with E-state index in [4.69, 9.17) is 9.47 Å². The molecular weight excluding hydrogens is 351 g/mol. The third kappa shape index (κ3) is 4.29. The lowest BCUT2D eigenvalue weighted by Gasteiger charge is -2.07. The summed E-state index contributed by atoms with van der Waals surface area (Å²) in [5, 5.41) is 7.02. The van der Waals surface area contributed by atoms with Gasteiger partial charge in [0.05, 0.1) is 19.4 Å². The first-order valence-electron chi connectivity index (χ1n) is 8.27. The normalized spacial score (nSPS) is 10.6. The molecule has 0 radical (unpaired) electrons. The van der Waals surface area contributed by atoms with Crippen LogP contribution in [0.15, 0.2) is 48.5 Å². The number of benzene rings is 2. The summed E-state index contributed by atoms with van der Waals surface area (Å²) in [6, 6.07) is 13.0. The molecule has 0 aliphatic carbocycles. The van der Waals surface area contributed by atoms with Gasteiger partial charge in [0.1, 0.15) is 11.6 Å². The molecule has 1 heterocycles. The van der Waals surface area contributed by atoms with Crippen LogP contribution in [0.4, 0.5) is 4.39 Å². The number of methoxy groups -OCH3 is 2. The van der Waals surface area contributed by atoms with Gasteiger partial charge < -0.3 is 14.8 Å². The maximum absolute atomic E-state index is 13.3. The van der Waals surface area contributed by atoms with Crippen LogP contribution < -0.4 is 10.1 Å². The topological polar surface area (TPSA) is 78.3 Å². The van der Waals surface area contributed by atoms with Crippen LogP contribution in [-0.4, -0.2) is 48.0 Å². The Labute approximate surface area is 155 Å². The van der Waals surface area contributed by atoms with Crippen molar-refractivity contribution in [3.63, 3.8) is 0 Å². The van der Waals surface area contributed by atoms with Crippen LogP contribution in [0.25, 0.3) is 17.1 Å². The Kier molecular flexibility index (Phi) is 5.77. The molecule has 0 aliphatic heterocycles. The lowest BCUT2D eigenvalue weighted by atomic mass is 10.2. The van der Waals surface area contributed by atoms with E-state index in [1.807, 2.05) is 0 Å². The maximum Gasteiger partial charge on any atom is 0.291 e. The number of hydrogen-bond donors (Lipinski definition) is 1. The summed E-state index contributed by atoms with van der Waals surface area (Å²) in [4.78, 5) is 16.7. The Morgan fingerprint density at radius 1 is 1.11 bits per heavy atom. The highest BCUT2D eigenvalue weighted by atomic mass is 19.1. The van der Waals surface area contributed by atoms with Crippen LogP contribution in [0, 0.1) is 5.82 Å². The van der Waals surface area contributed by atoms with Crippen LogP contribution in [0.2, 0.25) is 0 Å². The average Bonchev–Trinajstić information content (AvgIpc) is 3.14. The van der Waals surface area contributed by atoms with Gasteiger partial charge in [-0.15, -0.1) is 5.10 Å². The zero-order valence-corrected chi connectivity index (χ0v) is 15.0. The summed E-state index contributed by atoms with van der Waals surface area (Å²) in [5.41, 5.74) is 1.33. The smallest absolute Gasteiger partial charge is 0.291 e. The zero-order valence-electron chi connectivity index (χ0n) is 15.0. The molecule has 3 rings (SSSR count). The minimum Gasteiger partial charge on any atom is -0.497 e. The highest BCUT2D eigenvalue weighted by molar-refractivity contribution is 5.91. The Balaban J connectivity index is 2.00. The summed E-state index contributed by atoms with van der Waals surface area (Å²) in [5.74, 6) is 0.368. The second-order valence-corrected chi connectivity index (χ2v) is 5.62. The summed E-state index contributed by atoms with van der Waals surface area (Å²) >= 11 is 0. The number of carbonyl (C=O) groups excluding carboxylic acids is 1. The van der Waals surface area contributed by atoms with Crippen LogP contribution in [0.3, 0.4) is 0 Å². The van der Waals surface area contributed by atoms with Gasteiger partial charge in [-0.25, -0.2) is 14.1 Å². The van der Waals surface area contributed by atoms with E-state index >= 15 is 0 Å². The third-order valence-corrected chi connectivity index (χ3v) is 3.82. The molecule has 3 aromatic rings. The van der Waals surface area contributed by atoms with Gasteiger partial charge in [-0.3, -0.25) is 4.79 Å². The molecule has 1 aromatic heterocycles. The number of ether oxygens (including phenoxy) is 2. The Morgan fingerprint density at radius 3 is 2.44 bits per heavy atom. The van der Waals surface area contributed by atoms with E-state index in [-0.39, 0.29) is 11.6 Å². The largest absolute Gasteiger partial charge is 0.497 e. The Morgan fingerprint density at radius 2 is 1.81 bits per heavy atom. The molecular formula is C19H19FN4O3.